The van der Waals surface area contributed by atoms with Crippen molar-refractivity contribution in [3.63, 3.8) is 0 Å². The second-order valence-corrected chi connectivity index (χ2v) is 8.02. The largest absolute Gasteiger partial charge is 0.356 e. The van der Waals surface area contributed by atoms with E-state index >= 15 is 0 Å². The molecule has 3 heterocycles. The molecule has 0 amide bonds. The van der Waals surface area contributed by atoms with Crippen LogP contribution in [0.5, 0.6) is 0 Å². The maximum atomic E-state index is 5.01. The molecule has 1 N–H and O–H groups in total. The summed E-state index contributed by atoms with van der Waals surface area (Å²) in [5, 5.41) is 3.60. The molecule has 0 spiro atoms. The maximum absolute atomic E-state index is 5.01. The third-order valence-electron chi connectivity index (χ3n) is 5.34. The van der Waals surface area contributed by atoms with E-state index in [1.54, 1.807) is 0 Å². The molecule has 2 saturated heterocycles. The van der Waals surface area contributed by atoms with Gasteiger partial charge in [-0.1, -0.05) is 33.1 Å². The van der Waals surface area contributed by atoms with Crippen LogP contribution in [-0.2, 0) is 0 Å². The zero-order chi connectivity index (χ0) is 17.5. The summed E-state index contributed by atoms with van der Waals surface area (Å²) >= 11 is 0. The van der Waals surface area contributed by atoms with Gasteiger partial charge in [-0.2, -0.15) is 4.98 Å². The highest BCUT2D eigenvalue weighted by atomic mass is 15.3. The second kappa shape index (κ2) is 9.37. The third kappa shape index (κ3) is 5.30. The Kier molecular flexibility index (Phi) is 6.91. The number of nitrogens with zero attached hydrogens (tertiary/aromatic N) is 4. The Balaban J connectivity index is 1.80. The first-order valence-corrected chi connectivity index (χ1v) is 10.3. The fourth-order valence-corrected chi connectivity index (χ4v) is 4.01. The molecule has 0 aliphatic carbocycles. The smallest absolute Gasteiger partial charge is 0.227 e. The lowest BCUT2D eigenvalue weighted by Crippen LogP contribution is -2.44. The molecule has 1 aromatic heterocycles. The molecule has 0 aromatic carbocycles. The Labute approximate surface area is 153 Å². The van der Waals surface area contributed by atoms with Gasteiger partial charge in [0, 0.05) is 38.4 Å². The lowest BCUT2D eigenvalue weighted by atomic mass is 10.1. The van der Waals surface area contributed by atoms with E-state index in [9.17, 15) is 0 Å². The summed E-state index contributed by atoms with van der Waals surface area (Å²) in [4.78, 5) is 14.6. The monoisotopic (exact) mass is 345 g/mol. The van der Waals surface area contributed by atoms with E-state index in [4.69, 9.17) is 4.98 Å². The maximum Gasteiger partial charge on any atom is 0.227 e. The van der Waals surface area contributed by atoms with Crippen LogP contribution in [0.3, 0.4) is 0 Å². The van der Waals surface area contributed by atoms with Gasteiger partial charge in [-0.3, -0.25) is 0 Å². The van der Waals surface area contributed by atoms with Crippen molar-refractivity contribution in [1.82, 2.24) is 15.3 Å². The van der Waals surface area contributed by atoms with Gasteiger partial charge in [-0.25, -0.2) is 4.98 Å². The average Bonchev–Trinajstić information content (AvgIpc) is 3.05. The number of hydrogen-bond acceptors (Lipinski definition) is 5. The van der Waals surface area contributed by atoms with Crippen LogP contribution in [0.25, 0.3) is 0 Å². The van der Waals surface area contributed by atoms with Crippen LogP contribution in [0.15, 0.2) is 12.3 Å². The van der Waals surface area contributed by atoms with E-state index in [0.29, 0.717) is 12.0 Å². The highest BCUT2D eigenvalue weighted by Gasteiger charge is 2.24. The van der Waals surface area contributed by atoms with Crippen molar-refractivity contribution < 1.29 is 0 Å². The topological polar surface area (TPSA) is 44.3 Å². The molecule has 1 atom stereocenters. The lowest BCUT2D eigenvalue weighted by Gasteiger charge is -2.33. The minimum Gasteiger partial charge on any atom is -0.356 e. The Morgan fingerprint density at radius 2 is 1.96 bits per heavy atom. The molecule has 0 radical (unpaired) electrons. The first-order chi connectivity index (χ1) is 12.2. The number of anilines is 2. The minimum absolute atomic E-state index is 0.504. The molecule has 2 aliphatic heterocycles. The van der Waals surface area contributed by atoms with Crippen LogP contribution >= 0.6 is 0 Å². The summed E-state index contributed by atoms with van der Waals surface area (Å²) < 4.78 is 0. The first-order valence-electron chi connectivity index (χ1n) is 10.3. The summed E-state index contributed by atoms with van der Waals surface area (Å²) in [6.45, 7) is 10.0. The van der Waals surface area contributed by atoms with Crippen molar-refractivity contribution in [3.05, 3.63) is 12.3 Å². The molecule has 140 valence electrons. The average molecular weight is 346 g/mol. The minimum atomic E-state index is 0.504. The Hall–Kier alpha value is -1.36. The van der Waals surface area contributed by atoms with Gasteiger partial charge in [-0.15, -0.1) is 0 Å². The fourth-order valence-electron chi connectivity index (χ4n) is 4.01. The van der Waals surface area contributed by atoms with Gasteiger partial charge < -0.3 is 15.1 Å². The Morgan fingerprint density at radius 1 is 1.16 bits per heavy atom. The van der Waals surface area contributed by atoms with Crippen molar-refractivity contribution in [2.75, 3.05) is 42.5 Å². The lowest BCUT2D eigenvalue weighted by molar-refractivity contribution is 0.490. The summed E-state index contributed by atoms with van der Waals surface area (Å²) in [5.74, 6) is 2.64. The quantitative estimate of drug-likeness (QED) is 0.885. The van der Waals surface area contributed by atoms with E-state index in [1.165, 1.54) is 44.9 Å². The Morgan fingerprint density at radius 3 is 2.72 bits per heavy atom. The number of nitrogens with one attached hydrogen (secondary N) is 1. The fraction of sp³-hybridized carbons (Fsp3) is 0.800. The molecule has 1 aromatic rings. The van der Waals surface area contributed by atoms with E-state index in [1.807, 2.05) is 6.20 Å². The number of aromatic nitrogens is 2. The van der Waals surface area contributed by atoms with Crippen molar-refractivity contribution in [2.45, 2.75) is 64.8 Å². The van der Waals surface area contributed by atoms with Gasteiger partial charge in [-0.05, 0) is 44.2 Å². The number of rotatable bonds is 5. The molecule has 0 saturated carbocycles. The van der Waals surface area contributed by atoms with Gasteiger partial charge in [0.15, 0.2) is 0 Å². The van der Waals surface area contributed by atoms with Crippen LogP contribution < -0.4 is 15.1 Å². The molecule has 2 fully saturated rings. The van der Waals surface area contributed by atoms with Crippen molar-refractivity contribution in [3.8, 4) is 0 Å². The highest BCUT2D eigenvalue weighted by molar-refractivity contribution is 5.44. The molecule has 5 heteroatoms. The van der Waals surface area contributed by atoms with Gasteiger partial charge in [0.05, 0.1) is 0 Å². The second-order valence-electron chi connectivity index (χ2n) is 8.02. The third-order valence-corrected chi connectivity index (χ3v) is 5.34. The van der Waals surface area contributed by atoms with E-state index in [2.05, 4.69) is 40.0 Å². The number of hydrogen-bond donors (Lipinski definition) is 1. The highest BCUT2D eigenvalue weighted by Crippen LogP contribution is 2.23. The molecule has 3 rings (SSSR count). The van der Waals surface area contributed by atoms with E-state index in [-0.39, 0.29) is 0 Å². The van der Waals surface area contributed by atoms with Crippen molar-refractivity contribution in [1.29, 1.82) is 0 Å². The van der Waals surface area contributed by atoms with E-state index in [0.717, 1.165) is 44.5 Å². The molecule has 1 unspecified atom stereocenters. The molecular weight excluding hydrogens is 310 g/mol. The van der Waals surface area contributed by atoms with Gasteiger partial charge in [0.2, 0.25) is 5.95 Å². The summed E-state index contributed by atoms with van der Waals surface area (Å²) in [6.07, 6.45) is 11.0. The van der Waals surface area contributed by atoms with Gasteiger partial charge in [0.25, 0.3) is 0 Å². The van der Waals surface area contributed by atoms with E-state index < -0.39 is 0 Å². The predicted octanol–water partition coefficient (Wildman–Crippen LogP) is 3.46. The van der Waals surface area contributed by atoms with Crippen LogP contribution in [0, 0.1) is 5.92 Å². The van der Waals surface area contributed by atoms with Crippen LogP contribution in [0.2, 0.25) is 0 Å². The summed E-state index contributed by atoms with van der Waals surface area (Å²) in [5.41, 5.74) is 0. The van der Waals surface area contributed by atoms with Gasteiger partial charge >= 0.3 is 0 Å². The van der Waals surface area contributed by atoms with Crippen LogP contribution in [0.1, 0.15) is 58.8 Å². The summed E-state index contributed by atoms with van der Waals surface area (Å²) in [7, 11) is 0. The predicted molar refractivity (Wildman–Crippen MR) is 105 cm³/mol. The van der Waals surface area contributed by atoms with Crippen molar-refractivity contribution in [2.24, 2.45) is 5.92 Å². The molecule has 25 heavy (non-hydrogen) atoms. The molecule has 2 aliphatic rings. The zero-order valence-corrected chi connectivity index (χ0v) is 16.1. The summed E-state index contributed by atoms with van der Waals surface area (Å²) in [6, 6.07) is 2.59. The van der Waals surface area contributed by atoms with Crippen LogP contribution in [-0.4, -0.2) is 48.7 Å². The zero-order valence-electron chi connectivity index (χ0n) is 16.1. The van der Waals surface area contributed by atoms with Crippen molar-refractivity contribution >= 4 is 11.8 Å². The standard InChI is InChI=1S/C20H35N5/c1-17(2)16-25(18-9-5-6-11-21-15-18)20-22-12-10-19(23-20)24-13-7-3-4-8-14-24/h10,12,17-18,21H,3-9,11,13-16H2,1-2H3. The van der Waals surface area contributed by atoms with Gasteiger partial charge in [0.1, 0.15) is 5.82 Å². The molecule has 0 bridgehead atoms. The molecular formula is C20H35N5. The normalized spacial score (nSPS) is 22.5. The van der Waals surface area contributed by atoms with Crippen LogP contribution in [0.4, 0.5) is 11.8 Å². The first kappa shape index (κ1) is 18.4. The Bertz CT molecular complexity index is 503. The molecule has 5 nitrogen and oxygen atoms in total. The SMILES string of the molecule is CC(C)CN(c1nccc(N2CCCCCC2)n1)C1CCCCNC1.